The number of rotatable bonds is 4. The lowest BCUT2D eigenvalue weighted by Gasteiger charge is -2.09. The van der Waals surface area contributed by atoms with Gasteiger partial charge in [0, 0.05) is 12.1 Å². The van der Waals surface area contributed by atoms with Gasteiger partial charge in [-0.3, -0.25) is 4.79 Å². The first-order valence-corrected chi connectivity index (χ1v) is 6.31. The molecule has 6 nitrogen and oxygen atoms in total. The molecule has 19 heavy (non-hydrogen) atoms. The minimum atomic E-state index is -0.211. The molecule has 2 rings (SSSR count). The fourth-order valence-electron chi connectivity index (χ4n) is 2.00. The van der Waals surface area contributed by atoms with Crippen LogP contribution in [0.1, 0.15) is 40.7 Å². The van der Waals surface area contributed by atoms with Gasteiger partial charge in [-0.1, -0.05) is 12.1 Å². The van der Waals surface area contributed by atoms with Crippen molar-refractivity contribution in [3.05, 3.63) is 28.8 Å². The number of amides is 1. The van der Waals surface area contributed by atoms with Crippen molar-refractivity contribution < 1.29 is 9.32 Å². The minimum Gasteiger partial charge on any atom is -0.361 e. The highest BCUT2D eigenvalue weighted by Gasteiger charge is 2.19. The number of aryl methyl sites for hydroxylation is 4. The van der Waals surface area contributed by atoms with Crippen LogP contribution in [0.25, 0.3) is 0 Å². The van der Waals surface area contributed by atoms with Gasteiger partial charge in [0.15, 0.2) is 0 Å². The molecule has 2 aromatic rings. The first-order valence-electron chi connectivity index (χ1n) is 6.31. The van der Waals surface area contributed by atoms with Crippen molar-refractivity contribution in [2.45, 2.75) is 40.7 Å². The summed E-state index contributed by atoms with van der Waals surface area (Å²) in [6.07, 6.45) is 2.70. The van der Waals surface area contributed by atoms with E-state index in [-0.39, 0.29) is 5.91 Å². The predicted molar refractivity (Wildman–Crippen MR) is 71.2 cm³/mol. The normalized spacial score (nSPS) is 10.7. The molecule has 102 valence electrons. The predicted octanol–water partition coefficient (Wildman–Crippen LogP) is 2.46. The van der Waals surface area contributed by atoms with E-state index in [1.54, 1.807) is 24.7 Å². The molecule has 0 radical (unpaired) electrons. The minimum absolute atomic E-state index is 0.211. The maximum atomic E-state index is 12.3. The van der Waals surface area contributed by atoms with Gasteiger partial charge in [0.25, 0.3) is 5.91 Å². The lowest BCUT2D eigenvalue weighted by molar-refractivity contribution is 0.102. The summed E-state index contributed by atoms with van der Waals surface area (Å²) in [7, 11) is 0. The van der Waals surface area contributed by atoms with Crippen LogP contribution in [0, 0.1) is 20.8 Å². The standard InChI is InChI=1S/C13H18N4O2/c1-5-6-17-12(8(2)7-14-17)15-13(18)11-9(3)16-19-10(11)4/h7H,5-6H2,1-4H3,(H,15,18). The Hall–Kier alpha value is -2.11. The molecule has 0 aromatic carbocycles. The number of carbonyl (C=O) groups is 1. The molecule has 1 N–H and O–H groups in total. The maximum Gasteiger partial charge on any atom is 0.262 e. The third kappa shape index (κ3) is 2.52. The second-order valence-corrected chi connectivity index (χ2v) is 4.55. The number of nitrogens with zero attached hydrogens (tertiary/aromatic N) is 3. The number of hydrogen-bond donors (Lipinski definition) is 1. The van der Waals surface area contributed by atoms with Crippen LogP contribution in [0.2, 0.25) is 0 Å². The Morgan fingerprint density at radius 3 is 2.74 bits per heavy atom. The van der Waals surface area contributed by atoms with Crippen molar-refractivity contribution in [1.82, 2.24) is 14.9 Å². The van der Waals surface area contributed by atoms with Crippen LogP contribution in [0.5, 0.6) is 0 Å². The zero-order valence-corrected chi connectivity index (χ0v) is 11.6. The molecular formula is C13H18N4O2. The van der Waals surface area contributed by atoms with E-state index in [0.29, 0.717) is 17.0 Å². The van der Waals surface area contributed by atoms with E-state index < -0.39 is 0 Å². The Bertz CT molecular complexity index is 578. The largest absolute Gasteiger partial charge is 0.361 e. The third-order valence-electron chi connectivity index (χ3n) is 2.95. The second kappa shape index (κ2) is 5.26. The first-order chi connectivity index (χ1) is 9.04. The van der Waals surface area contributed by atoms with Crippen molar-refractivity contribution in [3.63, 3.8) is 0 Å². The highest BCUT2D eigenvalue weighted by atomic mass is 16.5. The Morgan fingerprint density at radius 1 is 1.42 bits per heavy atom. The van der Waals surface area contributed by atoms with Crippen molar-refractivity contribution in [2.24, 2.45) is 0 Å². The molecule has 0 aliphatic carbocycles. The highest BCUT2D eigenvalue weighted by molar-refractivity contribution is 6.05. The Morgan fingerprint density at radius 2 is 2.16 bits per heavy atom. The van der Waals surface area contributed by atoms with Gasteiger partial charge in [0.2, 0.25) is 0 Å². The Balaban J connectivity index is 2.26. The number of aromatic nitrogens is 3. The summed E-state index contributed by atoms with van der Waals surface area (Å²) in [5, 5.41) is 10.9. The summed E-state index contributed by atoms with van der Waals surface area (Å²) in [6, 6.07) is 0. The topological polar surface area (TPSA) is 73.0 Å². The molecule has 0 saturated carbocycles. The van der Waals surface area contributed by atoms with E-state index in [1.165, 1.54) is 0 Å². The van der Waals surface area contributed by atoms with Crippen LogP contribution >= 0.6 is 0 Å². The molecule has 0 spiro atoms. The number of anilines is 1. The molecule has 0 saturated heterocycles. The fraction of sp³-hybridized carbons (Fsp3) is 0.462. The van der Waals surface area contributed by atoms with Crippen LogP contribution in [0.3, 0.4) is 0 Å². The summed E-state index contributed by atoms with van der Waals surface area (Å²) < 4.78 is 6.81. The first kappa shape index (κ1) is 13.3. The number of carbonyl (C=O) groups excluding carboxylic acids is 1. The average molecular weight is 262 g/mol. The third-order valence-corrected chi connectivity index (χ3v) is 2.95. The smallest absolute Gasteiger partial charge is 0.262 e. The molecule has 0 bridgehead atoms. The van der Waals surface area contributed by atoms with Crippen LogP contribution in [0.15, 0.2) is 10.7 Å². The zero-order valence-electron chi connectivity index (χ0n) is 11.6. The fourth-order valence-corrected chi connectivity index (χ4v) is 2.00. The molecular weight excluding hydrogens is 244 g/mol. The van der Waals surface area contributed by atoms with Gasteiger partial charge in [-0.2, -0.15) is 5.10 Å². The molecule has 2 aromatic heterocycles. The highest BCUT2D eigenvalue weighted by Crippen LogP contribution is 2.18. The van der Waals surface area contributed by atoms with Crippen molar-refractivity contribution in [1.29, 1.82) is 0 Å². The zero-order chi connectivity index (χ0) is 14.0. The number of nitrogens with one attached hydrogen (secondary N) is 1. The molecule has 6 heteroatoms. The van der Waals surface area contributed by atoms with E-state index in [0.717, 1.165) is 24.3 Å². The number of hydrogen-bond acceptors (Lipinski definition) is 4. The van der Waals surface area contributed by atoms with E-state index in [2.05, 4.69) is 22.5 Å². The van der Waals surface area contributed by atoms with Crippen molar-refractivity contribution >= 4 is 11.7 Å². The summed E-state index contributed by atoms with van der Waals surface area (Å²) in [5.74, 6) is 1.04. The quantitative estimate of drug-likeness (QED) is 0.918. The van der Waals surface area contributed by atoms with E-state index in [9.17, 15) is 4.79 Å². The van der Waals surface area contributed by atoms with Crippen LogP contribution < -0.4 is 5.32 Å². The average Bonchev–Trinajstić information content (AvgIpc) is 2.86. The molecule has 2 heterocycles. The van der Waals surface area contributed by atoms with Gasteiger partial charge in [-0.25, -0.2) is 4.68 Å². The van der Waals surface area contributed by atoms with Gasteiger partial charge in [0.1, 0.15) is 17.1 Å². The van der Waals surface area contributed by atoms with Crippen molar-refractivity contribution in [3.8, 4) is 0 Å². The lowest BCUT2D eigenvalue weighted by Crippen LogP contribution is -2.17. The molecule has 0 fully saturated rings. The van der Waals surface area contributed by atoms with Gasteiger partial charge in [0.05, 0.1) is 11.9 Å². The van der Waals surface area contributed by atoms with E-state index in [4.69, 9.17) is 4.52 Å². The van der Waals surface area contributed by atoms with Gasteiger partial charge < -0.3 is 9.84 Å². The monoisotopic (exact) mass is 262 g/mol. The molecule has 0 atom stereocenters. The van der Waals surface area contributed by atoms with Gasteiger partial charge >= 0.3 is 0 Å². The van der Waals surface area contributed by atoms with Crippen LogP contribution in [-0.4, -0.2) is 20.8 Å². The SMILES string of the molecule is CCCn1ncc(C)c1NC(=O)c1c(C)noc1C. The summed E-state index contributed by atoms with van der Waals surface area (Å²) in [4.78, 5) is 12.3. The van der Waals surface area contributed by atoms with E-state index >= 15 is 0 Å². The van der Waals surface area contributed by atoms with Crippen LogP contribution in [0.4, 0.5) is 5.82 Å². The summed E-state index contributed by atoms with van der Waals surface area (Å²) >= 11 is 0. The maximum absolute atomic E-state index is 12.3. The van der Waals surface area contributed by atoms with Gasteiger partial charge in [-0.15, -0.1) is 0 Å². The summed E-state index contributed by atoms with van der Waals surface area (Å²) in [6.45, 7) is 8.23. The Kier molecular flexibility index (Phi) is 3.69. The second-order valence-electron chi connectivity index (χ2n) is 4.55. The Labute approximate surface area is 111 Å². The van der Waals surface area contributed by atoms with Crippen molar-refractivity contribution in [2.75, 3.05) is 5.32 Å². The van der Waals surface area contributed by atoms with Gasteiger partial charge in [-0.05, 0) is 27.2 Å². The van der Waals surface area contributed by atoms with E-state index in [1.807, 2.05) is 6.92 Å². The molecule has 0 unspecified atom stereocenters. The molecule has 0 aliphatic heterocycles. The lowest BCUT2D eigenvalue weighted by atomic mass is 10.2. The summed E-state index contributed by atoms with van der Waals surface area (Å²) in [5.41, 5.74) is 2.02. The van der Waals surface area contributed by atoms with Crippen LogP contribution in [-0.2, 0) is 6.54 Å². The molecule has 1 amide bonds. The molecule has 0 aliphatic rings.